The molecule has 2 aromatic heterocycles. The van der Waals surface area contributed by atoms with Crippen LogP contribution >= 0.6 is 0 Å². The molecule has 0 saturated heterocycles. The van der Waals surface area contributed by atoms with Gasteiger partial charge in [0.25, 0.3) is 0 Å². The number of carbonyl (C=O) groups excluding carboxylic acids is 1. The first-order valence-electron chi connectivity index (χ1n) is 9.62. The molecule has 1 aliphatic heterocycles. The number of rotatable bonds is 4. The van der Waals surface area contributed by atoms with Crippen molar-refractivity contribution in [2.24, 2.45) is 0 Å². The number of aryl methyl sites for hydroxylation is 1. The lowest BCUT2D eigenvalue weighted by atomic mass is 10.1. The second kappa shape index (κ2) is 8.17. The van der Waals surface area contributed by atoms with Crippen molar-refractivity contribution in [3.05, 3.63) is 41.0 Å². The van der Waals surface area contributed by atoms with Gasteiger partial charge in [-0.2, -0.15) is 0 Å². The third kappa shape index (κ3) is 5.88. The third-order valence-corrected chi connectivity index (χ3v) is 5.24. The lowest BCUT2D eigenvalue weighted by Crippen LogP contribution is -2.40. The molecule has 9 nitrogen and oxygen atoms in total. The number of nitrogens with one attached hydrogen (secondary N) is 1. The molecule has 1 amide bonds. The minimum Gasteiger partial charge on any atom is -0.444 e. The number of pyridine rings is 1. The Hall–Kier alpha value is -2.75. The standard InChI is InChI=1S/C20H27N5O4S/c1-13-8-15(10-21-17(13)12-30(5,27)28)23-18-22-9-14-6-7-25(11-16(14)24-18)19(26)29-20(2,3)4/h8-10H,6-7,11-12H2,1-5H3,(H,22,23,24). The van der Waals surface area contributed by atoms with E-state index >= 15 is 0 Å². The molecule has 0 fully saturated rings. The lowest BCUT2D eigenvalue weighted by molar-refractivity contribution is 0.0220. The summed E-state index contributed by atoms with van der Waals surface area (Å²) in [6, 6.07) is 1.81. The van der Waals surface area contributed by atoms with Gasteiger partial charge in [-0.25, -0.2) is 23.2 Å². The fourth-order valence-electron chi connectivity index (χ4n) is 3.05. The van der Waals surface area contributed by atoms with Crippen molar-refractivity contribution in [2.45, 2.75) is 52.0 Å². The van der Waals surface area contributed by atoms with Gasteiger partial charge in [0.1, 0.15) is 5.60 Å². The molecule has 0 bridgehead atoms. The molecule has 0 atom stereocenters. The van der Waals surface area contributed by atoms with E-state index in [4.69, 9.17) is 4.74 Å². The minimum absolute atomic E-state index is 0.102. The van der Waals surface area contributed by atoms with Crippen LogP contribution in [0.25, 0.3) is 0 Å². The maximum Gasteiger partial charge on any atom is 0.410 e. The van der Waals surface area contributed by atoms with Crippen LogP contribution in [0.3, 0.4) is 0 Å². The van der Waals surface area contributed by atoms with Gasteiger partial charge < -0.3 is 15.0 Å². The molecule has 0 radical (unpaired) electrons. The van der Waals surface area contributed by atoms with Crippen LogP contribution in [0.4, 0.5) is 16.4 Å². The van der Waals surface area contributed by atoms with E-state index in [-0.39, 0.29) is 11.8 Å². The average molecular weight is 434 g/mol. The molecular weight excluding hydrogens is 406 g/mol. The Morgan fingerprint density at radius 3 is 2.63 bits per heavy atom. The Morgan fingerprint density at radius 1 is 1.27 bits per heavy atom. The fraction of sp³-hybridized carbons (Fsp3) is 0.500. The van der Waals surface area contributed by atoms with Crippen molar-refractivity contribution < 1.29 is 17.9 Å². The van der Waals surface area contributed by atoms with Gasteiger partial charge in [-0.1, -0.05) is 0 Å². The van der Waals surface area contributed by atoms with Gasteiger partial charge in [0.05, 0.1) is 35.6 Å². The largest absolute Gasteiger partial charge is 0.444 e. The van der Waals surface area contributed by atoms with E-state index in [9.17, 15) is 13.2 Å². The molecular formula is C20H27N5O4S. The zero-order chi connectivity index (χ0) is 22.1. The van der Waals surface area contributed by atoms with Crippen LogP contribution in [0, 0.1) is 6.92 Å². The van der Waals surface area contributed by atoms with E-state index in [1.54, 1.807) is 17.3 Å². The van der Waals surface area contributed by atoms with Crippen molar-refractivity contribution >= 4 is 27.6 Å². The van der Waals surface area contributed by atoms with Crippen molar-refractivity contribution in [1.82, 2.24) is 19.9 Å². The number of amides is 1. The number of anilines is 2. The van der Waals surface area contributed by atoms with Crippen LogP contribution < -0.4 is 5.32 Å². The summed E-state index contributed by atoms with van der Waals surface area (Å²) in [6.45, 7) is 8.23. The van der Waals surface area contributed by atoms with Gasteiger partial charge >= 0.3 is 6.09 Å². The van der Waals surface area contributed by atoms with Gasteiger partial charge in [0, 0.05) is 19.0 Å². The molecule has 0 saturated carbocycles. The summed E-state index contributed by atoms with van der Waals surface area (Å²) < 4.78 is 28.5. The summed E-state index contributed by atoms with van der Waals surface area (Å²) in [5.41, 5.74) is 3.15. The van der Waals surface area contributed by atoms with Gasteiger partial charge in [-0.15, -0.1) is 0 Å². The van der Waals surface area contributed by atoms with E-state index in [1.165, 1.54) is 6.26 Å². The number of hydrogen-bond donors (Lipinski definition) is 1. The first-order valence-corrected chi connectivity index (χ1v) is 11.7. The number of fused-ring (bicyclic) bond motifs is 1. The summed E-state index contributed by atoms with van der Waals surface area (Å²) >= 11 is 0. The number of aromatic nitrogens is 3. The highest BCUT2D eigenvalue weighted by Gasteiger charge is 2.26. The van der Waals surface area contributed by atoms with Crippen LogP contribution in [0.15, 0.2) is 18.5 Å². The Morgan fingerprint density at radius 2 is 2.00 bits per heavy atom. The molecule has 10 heteroatoms. The monoisotopic (exact) mass is 433 g/mol. The van der Waals surface area contributed by atoms with Gasteiger partial charge in [-0.05, 0) is 51.3 Å². The average Bonchev–Trinajstić information content (AvgIpc) is 2.61. The minimum atomic E-state index is -3.16. The molecule has 30 heavy (non-hydrogen) atoms. The SMILES string of the molecule is Cc1cc(Nc2ncc3c(n2)CN(C(=O)OC(C)(C)C)CC3)cnc1CS(C)(=O)=O. The van der Waals surface area contributed by atoms with Gasteiger partial charge in [0.2, 0.25) is 5.95 Å². The third-order valence-electron chi connectivity index (χ3n) is 4.44. The molecule has 3 rings (SSSR count). The van der Waals surface area contributed by atoms with E-state index in [1.807, 2.05) is 33.8 Å². The maximum atomic E-state index is 12.4. The number of carbonyl (C=O) groups is 1. The topological polar surface area (TPSA) is 114 Å². The lowest BCUT2D eigenvalue weighted by Gasteiger charge is -2.30. The Bertz CT molecular complexity index is 1060. The zero-order valence-corrected chi connectivity index (χ0v) is 18.7. The number of ether oxygens (including phenoxy) is 1. The quantitative estimate of drug-likeness (QED) is 0.783. The normalized spacial score (nSPS) is 14.2. The number of sulfone groups is 1. The van der Waals surface area contributed by atoms with Crippen LogP contribution in [-0.4, -0.2) is 52.8 Å². The predicted molar refractivity (Wildman–Crippen MR) is 113 cm³/mol. The molecule has 162 valence electrons. The molecule has 1 aliphatic rings. The number of hydrogen-bond acceptors (Lipinski definition) is 8. The Kier molecular flexibility index (Phi) is 5.98. The first-order chi connectivity index (χ1) is 13.9. The van der Waals surface area contributed by atoms with E-state index in [0.29, 0.717) is 36.8 Å². The molecule has 1 N–H and O–H groups in total. The van der Waals surface area contributed by atoms with Gasteiger partial charge in [-0.3, -0.25) is 4.98 Å². The Balaban J connectivity index is 1.73. The second-order valence-corrected chi connectivity index (χ2v) is 10.6. The zero-order valence-electron chi connectivity index (χ0n) is 17.9. The number of nitrogens with zero attached hydrogens (tertiary/aromatic N) is 4. The molecule has 0 spiro atoms. The van der Waals surface area contributed by atoms with Crippen LogP contribution in [0.1, 0.15) is 43.3 Å². The smallest absolute Gasteiger partial charge is 0.410 e. The molecule has 0 aliphatic carbocycles. The highest BCUT2D eigenvalue weighted by molar-refractivity contribution is 7.89. The van der Waals surface area contributed by atoms with Crippen molar-refractivity contribution in [2.75, 3.05) is 18.1 Å². The maximum absolute atomic E-state index is 12.4. The van der Waals surface area contributed by atoms with Crippen molar-refractivity contribution in [3.63, 3.8) is 0 Å². The highest BCUT2D eigenvalue weighted by atomic mass is 32.2. The van der Waals surface area contributed by atoms with Crippen molar-refractivity contribution in [1.29, 1.82) is 0 Å². The summed E-state index contributed by atoms with van der Waals surface area (Å²) in [4.78, 5) is 27.1. The predicted octanol–water partition coefficient (Wildman–Crippen LogP) is 2.76. The van der Waals surface area contributed by atoms with Crippen LogP contribution in [0.5, 0.6) is 0 Å². The molecule has 0 unspecified atom stereocenters. The Labute approximate surface area is 176 Å². The summed E-state index contributed by atoms with van der Waals surface area (Å²) in [6.07, 6.45) is 4.80. The summed E-state index contributed by atoms with van der Waals surface area (Å²) in [5.74, 6) is 0.284. The van der Waals surface area contributed by atoms with Crippen LogP contribution in [0.2, 0.25) is 0 Å². The highest BCUT2D eigenvalue weighted by Crippen LogP contribution is 2.22. The summed E-state index contributed by atoms with van der Waals surface area (Å²) in [7, 11) is -3.16. The van der Waals surface area contributed by atoms with Gasteiger partial charge in [0.15, 0.2) is 9.84 Å². The fourth-order valence-corrected chi connectivity index (χ4v) is 3.84. The van der Waals surface area contributed by atoms with E-state index < -0.39 is 15.4 Å². The molecule has 0 aromatic carbocycles. The molecule has 2 aromatic rings. The van der Waals surface area contributed by atoms with E-state index in [0.717, 1.165) is 16.8 Å². The first kappa shape index (κ1) is 21.9. The van der Waals surface area contributed by atoms with Crippen LogP contribution in [-0.2, 0) is 33.3 Å². The van der Waals surface area contributed by atoms with E-state index in [2.05, 4.69) is 20.3 Å². The van der Waals surface area contributed by atoms with Crippen molar-refractivity contribution in [3.8, 4) is 0 Å². The molecule has 3 heterocycles. The second-order valence-electron chi connectivity index (χ2n) is 8.50. The summed E-state index contributed by atoms with van der Waals surface area (Å²) in [5, 5.41) is 3.10.